The average Bonchev–Trinajstić information content (AvgIpc) is 2.37. The normalized spacial score (nSPS) is 12.5. The standard InChI is InChI=1S/C15H19FN4/c1-8-5-9(2)14(13(16)6-8)15(18-17)12-7-10(3)19-20-11(12)4/h5-7,15,18H,17H2,1-4H3. The first-order chi connectivity index (χ1) is 9.43. The Morgan fingerprint density at radius 2 is 1.80 bits per heavy atom. The van der Waals surface area contributed by atoms with Crippen molar-refractivity contribution < 1.29 is 4.39 Å². The molecule has 0 aliphatic carbocycles. The summed E-state index contributed by atoms with van der Waals surface area (Å²) in [6, 6.07) is 4.90. The largest absolute Gasteiger partial charge is 0.271 e. The van der Waals surface area contributed by atoms with Crippen LogP contribution in [0, 0.1) is 33.5 Å². The van der Waals surface area contributed by atoms with Gasteiger partial charge in [-0.15, -0.1) is 0 Å². The summed E-state index contributed by atoms with van der Waals surface area (Å²) in [4.78, 5) is 0. The third kappa shape index (κ3) is 2.69. The molecule has 0 saturated carbocycles. The summed E-state index contributed by atoms with van der Waals surface area (Å²) in [5.41, 5.74) is 7.34. The number of hydrogen-bond acceptors (Lipinski definition) is 4. The van der Waals surface area contributed by atoms with E-state index in [1.54, 1.807) is 0 Å². The van der Waals surface area contributed by atoms with E-state index in [9.17, 15) is 4.39 Å². The predicted octanol–water partition coefficient (Wildman–Crippen LogP) is 2.40. The van der Waals surface area contributed by atoms with Crippen LogP contribution >= 0.6 is 0 Å². The molecule has 0 saturated heterocycles. The van der Waals surface area contributed by atoms with Gasteiger partial charge in [-0.2, -0.15) is 10.2 Å². The Bertz CT molecular complexity index is 617. The highest BCUT2D eigenvalue weighted by molar-refractivity contribution is 5.41. The van der Waals surface area contributed by atoms with Crippen molar-refractivity contribution in [3.8, 4) is 0 Å². The lowest BCUT2D eigenvalue weighted by atomic mass is 9.93. The lowest BCUT2D eigenvalue weighted by Gasteiger charge is -2.21. The van der Waals surface area contributed by atoms with Gasteiger partial charge in [0.1, 0.15) is 5.82 Å². The molecule has 1 heterocycles. The SMILES string of the molecule is Cc1cc(C)c(C(NN)c2cc(C)nnc2C)c(F)c1. The monoisotopic (exact) mass is 274 g/mol. The van der Waals surface area contributed by atoms with E-state index in [4.69, 9.17) is 5.84 Å². The summed E-state index contributed by atoms with van der Waals surface area (Å²) in [5.74, 6) is 5.40. The Kier molecular flexibility index (Phi) is 4.11. The van der Waals surface area contributed by atoms with E-state index in [0.717, 1.165) is 28.1 Å². The van der Waals surface area contributed by atoms with Crippen LogP contribution in [0.2, 0.25) is 0 Å². The number of hydrazine groups is 1. The third-order valence-electron chi connectivity index (χ3n) is 3.39. The molecule has 2 aromatic rings. The first-order valence-corrected chi connectivity index (χ1v) is 6.47. The van der Waals surface area contributed by atoms with E-state index in [2.05, 4.69) is 15.6 Å². The molecule has 4 nitrogen and oxygen atoms in total. The smallest absolute Gasteiger partial charge is 0.128 e. The average molecular weight is 274 g/mol. The summed E-state index contributed by atoms with van der Waals surface area (Å²) in [7, 11) is 0. The first kappa shape index (κ1) is 14.6. The summed E-state index contributed by atoms with van der Waals surface area (Å²) in [6.45, 7) is 7.44. The molecule has 20 heavy (non-hydrogen) atoms. The highest BCUT2D eigenvalue weighted by Crippen LogP contribution is 2.29. The Balaban J connectivity index is 2.61. The Labute approximate surface area is 118 Å². The van der Waals surface area contributed by atoms with Crippen LogP contribution in [0.1, 0.15) is 39.7 Å². The number of benzene rings is 1. The molecule has 0 aliphatic rings. The lowest BCUT2D eigenvalue weighted by Crippen LogP contribution is -2.31. The topological polar surface area (TPSA) is 63.8 Å². The van der Waals surface area contributed by atoms with Crippen molar-refractivity contribution in [1.29, 1.82) is 0 Å². The second kappa shape index (κ2) is 5.64. The highest BCUT2D eigenvalue weighted by Gasteiger charge is 2.22. The van der Waals surface area contributed by atoms with Gasteiger partial charge in [0.15, 0.2) is 0 Å². The molecule has 1 unspecified atom stereocenters. The fourth-order valence-electron chi connectivity index (χ4n) is 2.48. The van der Waals surface area contributed by atoms with Crippen molar-refractivity contribution >= 4 is 0 Å². The lowest BCUT2D eigenvalue weighted by molar-refractivity contribution is 0.552. The van der Waals surface area contributed by atoms with Gasteiger partial charge in [0, 0.05) is 5.56 Å². The van der Waals surface area contributed by atoms with Gasteiger partial charge < -0.3 is 0 Å². The fraction of sp³-hybridized carbons (Fsp3) is 0.333. The zero-order valence-corrected chi connectivity index (χ0v) is 12.2. The summed E-state index contributed by atoms with van der Waals surface area (Å²) < 4.78 is 14.3. The van der Waals surface area contributed by atoms with Crippen molar-refractivity contribution in [1.82, 2.24) is 15.6 Å². The molecule has 1 aromatic carbocycles. The van der Waals surface area contributed by atoms with E-state index in [1.807, 2.05) is 39.8 Å². The molecule has 0 amide bonds. The number of halogens is 1. The maximum Gasteiger partial charge on any atom is 0.128 e. The molecule has 0 aliphatic heterocycles. The number of hydrogen-bond donors (Lipinski definition) is 2. The molecule has 5 heteroatoms. The highest BCUT2D eigenvalue weighted by atomic mass is 19.1. The molecule has 106 valence electrons. The van der Waals surface area contributed by atoms with Crippen molar-refractivity contribution in [3.63, 3.8) is 0 Å². The Morgan fingerprint density at radius 1 is 1.10 bits per heavy atom. The van der Waals surface area contributed by atoms with Crippen LogP contribution in [-0.4, -0.2) is 10.2 Å². The Morgan fingerprint density at radius 3 is 2.40 bits per heavy atom. The molecular weight excluding hydrogens is 255 g/mol. The fourth-order valence-corrected chi connectivity index (χ4v) is 2.48. The number of rotatable bonds is 3. The molecule has 0 fully saturated rings. The minimum atomic E-state index is -0.440. The van der Waals surface area contributed by atoms with E-state index in [-0.39, 0.29) is 5.82 Å². The quantitative estimate of drug-likeness (QED) is 0.666. The van der Waals surface area contributed by atoms with Crippen LogP contribution in [0.4, 0.5) is 4.39 Å². The van der Waals surface area contributed by atoms with Crippen LogP contribution in [0.25, 0.3) is 0 Å². The second-order valence-electron chi connectivity index (χ2n) is 5.10. The minimum absolute atomic E-state index is 0.265. The predicted molar refractivity (Wildman–Crippen MR) is 76.5 cm³/mol. The third-order valence-corrected chi connectivity index (χ3v) is 3.39. The molecule has 1 aromatic heterocycles. The van der Waals surface area contributed by atoms with Gasteiger partial charge in [-0.3, -0.25) is 5.84 Å². The number of aromatic nitrogens is 2. The van der Waals surface area contributed by atoms with Crippen molar-refractivity contribution in [3.05, 3.63) is 57.7 Å². The van der Waals surface area contributed by atoms with Crippen molar-refractivity contribution in [2.45, 2.75) is 33.7 Å². The van der Waals surface area contributed by atoms with Crippen molar-refractivity contribution in [2.75, 3.05) is 0 Å². The number of nitrogens with zero attached hydrogens (tertiary/aromatic N) is 2. The molecule has 3 N–H and O–H groups in total. The molecular formula is C15H19FN4. The summed E-state index contributed by atoms with van der Waals surface area (Å²) >= 11 is 0. The van der Waals surface area contributed by atoms with Crippen molar-refractivity contribution in [2.24, 2.45) is 5.84 Å². The van der Waals surface area contributed by atoms with Crippen LogP contribution in [0.15, 0.2) is 18.2 Å². The first-order valence-electron chi connectivity index (χ1n) is 6.47. The van der Waals surface area contributed by atoms with Gasteiger partial charge >= 0.3 is 0 Å². The zero-order chi connectivity index (χ0) is 14.9. The Hall–Kier alpha value is -1.85. The van der Waals surface area contributed by atoms with Gasteiger partial charge in [0.25, 0.3) is 0 Å². The van der Waals surface area contributed by atoms with Crippen LogP contribution in [0.5, 0.6) is 0 Å². The van der Waals surface area contributed by atoms with Gasteiger partial charge in [0.2, 0.25) is 0 Å². The second-order valence-corrected chi connectivity index (χ2v) is 5.10. The number of aryl methyl sites for hydroxylation is 4. The number of nitrogens with two attached hydrogens (primary N) is 1. The van der Waals surface area contributed by atoms with Crippen LogP contribution in [-0.2, 0) is 0 Å². The van der Waals surface area contributed by atoms with Gasteiger partial charge in [-0.05, 0) is 56.5 Å². The molecule has 0 radical (unpaired) electrons. The van der Waals surface area contributed by atoms with E-state index in [1.165, 1.54) is 6.07 Å². The van der Waals surface area contributed by atoms with Gasteiger partial charge in [0.05, 0.1) is 17.4 Å². The summed E-state index contributed by atoms with van der Waals surface area (Å²) in [6.07, 6.45) is 0. The number of nitrogens with one attached hydrogen (secondary N) is 1. The van der Waals surface area contributed by atoms with E-state index >= 15 is 0 Å². The maximum atomic E-state index is 14.3. The molecule has 0 bridgehead atoms. The zero-order valence-electron chi connectivity index (χ0n) is 12.2. The minimum Gasteiger partial charge on any atom is -0.271 e. The van der Waals surface area contributed by atoms with Crippen LogP contribution in [0.3, 0.4) is 0 Å². The molecule has 1 atom stereocenters. The van der Waals surface area contributed by atoms with Crippen LogP contribution < -0.4 is 11.3 Å². The van der Waals surface area contributed by atoms with Gasteiger partial charge in [-0.25, -0.2) is 9.82 Å². The maximum absolute atomic E-state index is 14.3. The van der Waals surface area contributed by atoms with Gasteiger partial charge in [-0.1, -0.05) is 6.07 Å². The molecule has 0 spiro atoms. The summed E-state index contributed by atoms with van der Waals surface area (Å²) in [5, 5.41) is 8.08. The molecule has 2 rings (SSSR count). The van der Waals surface area contributed by atoms with E-state index in [0.29, 0.717) is 5.56 Å². The van der Waals surface area contributed by atoms with E-state index < -0.39 is 6.04 Å².